The van der Waals surface area contributed by atoms with Crippen LogP contribution in [0.25, 0.3) is 0 Å². The second-order valence-electron chi connectivity index (χ2n) is 4.50. The second kappa shape index (κ2) is 6.27. The number of nitrogens with zero attached hydrogens (tertiary/aromatic N) is 3. The Morgan fingerprint density at radius 3 is 2.18 bits per heavy atom. The van der Waals surface area contributed by atoms with Crippen LogP contribution >= 0.6 is 0 Å². The molecule has 0 saturated carbocycles. The third kappa shape index (κ3) is 3.47. The van der Waals surface area contributed by atoms with Gasteiger partial charge < -0.3 is 4.90 Å². The minimum absolute atomic E-state index is 0.147. The van der Waals surface area contributed by atoms with Crippen molar-refractivity contribution in [1.29, 1.82) is 5.26 Å². The number of nitriles is 1. The van der Waals surface area contributed by atoms with Crippen molar-refractivity contribution < 1.29 is 0 Å². The summed E-state index contributed by atoms with van der Waals surface area (Å²) < 4.78 is 0. The predicted molar refractivity (Wildman–Crippen MR) is 72.0 cm³/mol. The SMILES string of the molecule is CCCN(C)C(C#N)c1ccc(N(C)C)cc1. The summed E-state index contributed by atoms with van der Waals surface area (Å²) in [5, 5.41) is 9.25. The van der Waals surface area contributed by atoms with Gasteiger partial charge in [0.1, 0.15) is 6.04 Å². The van der Waals surface area contributed by atoms with Gasteiger partial charge in [-0.1, -0.05) is 19.1 Å². The summed E-state index contributed by atoms with van der Waals surface area (Å²) in [5.41, 5.74) is 2.22. The van der Waals surface area contributed by atoms with Crippen molar-refractivity contribution in [3.63, 3.8) is 0 Å². The first-order valence-corrected chi connectivity index (χ1v) is 5.97. The van der Waals surface area contributed by atoms with Crippen LogP contribution in [0.15, 0.2) is 24.3 Å². The lowest BCUT2D eigenvalue weighted by Crippen LogP contribution is -2.24. The Morgan fingerprint density at radius 1 is 1.18 bits per heavy atom. The maximum Gasteiger partial charge on any atom is 0.123 e. The summed E-state index contributed by atoms with van der Waals surface area (Å²) in [4.78, 5) is 4.14. The van der Waals surface area contributed by atoms with Crippen LogP contribution in [-0.4, -0.2) is 32.6 Å². The van der Waals surface area contributed by atoms with Gasteiger partial charge in [0.25, 0.3) is 0 Å². The quantitative estimate of drug-likeness (QED) is 0.780. The van der Waals surface area contributed by atoms with Gasteiger partial charge in [0, 0.05) is 19.8 Å². The number of anilines is 1. The summed E-state index contributed by atoms with van der Waals surface area (Å²) in [6.07, 6.45) is 1.06. The highest BCUT2D eigenvalue weighted by atomic mass is 15.1. The van der Waals surface area contributed by atoms with Crippen molar-refractivity contribution in [1.82, 2.24) is 4.90 Å². The minimum Gasteiger partial charge on any atom is -0.378 e. The molecule has 0 spiro atoms. The molecule has 0 saturated heterocycles. The second-order valence-corrected chi connectivity index (χ2v) is 4.50. The third-order valence-electron chi connectivity index (χ3n) is 2.86. The molecule has 0 aliphatic carbocycles. The molecule has 0 fully saturated rings. The Bertz CT molecular complexity index is 375. The molecule has 0 bridgehead atoms. The van der Waals surface area contributed by atoms with E-state index in [0.717, 1.165) is 24.2 Å². The van der Waals surface area contributed by atoms with E-state index in [1.165, 1.54) is 0 Å². The molecule has 3 nitrogen and oxygen atoms in total. The maximum absolute atomic E-state index is 9.25. The van der Waals surface area contributed by atoms with E-state index in [9.17, 15) is 5.26 Å². The molecule has 0 radical (unpaired) electrons. The fraction of sp³-hybridized carbons (Fsp3) is 0.500. The smallest absolute Gasteiger partial charge is 0.123 e. The third-order valence-corrected chi connectivity index (χ3v) is 2.86. The van der Waals surface area contributed by atoms with Crippen LogP contribution in [0, 0.1) is 11.3 Å². The van der Waals surface area contributed by atoms with Gasteiger partial charge in [-0.05, 0) is 37.7 Å². The van der Waals surface area contributed by atoms with E-state index in [0.29, 0.717) is 0 Å². The van der Waals surface area contributed by atoms with Crippen LogP contribution in [0.5, 0.6) is 0 Å². The Hall–Kier alpha value is -1.53. The molecule has 1 atom stereocenters. The molecule has 17 heavy (non-hydrogen) atoms. The molecule has 0 heterocycles. The molecule has 0 amide bonds. The Kier molecular flexibility index (Phi) is 4.99. The summed E-state index contributed by atoms with van der Waals surface area (Å²) in [5.74, 6) is 0. The van der Waals surface area contributed by atoms with E-state index >= 15 is 0 Å². The molecule has 1 unspecified atom stereocenters. The van der Waals surface area contributed by atoms with E-state index in [2.05, 4.69) is 34.9 Å². The van der Waals surface area contributed by atoms with Crippen LogP contribution < -0.4 is 4.90 Å². The minimum atomic E-state index is -0.147. The van der Waals surface area contributed by atoms with Crippen LogP contribution in [0.2, 0.25) is 0 Å². The van der Waals surface area contributed by atoms with Crippen LogP contribution in [0.1, 0.15) is 24.9 Å². The summed E-state index contributed by atoms with van der Waals surface area (Å²) >= 11 is 0. The first kappa shape index (κ1) is 13.5. The molecule has 0 N–H and O–H groups in total. The molecule has 0 aliphatic heterocycles. The summed E-state index contributed by atoms with van der Waals surface area (Å²) in [7, 11) is 6.03. The molecule has 1 rings (SSSR count). The van der Waals surface area contributed by atoms with Crippen molar-refractivity contribution >= 4 is 5.69 Å². The van der Waals surface area contributed by atoms with Crippen molar-refractivity contribution in [3.8, 4) is 6.07 Å². The van der Waals surface area contributed by atoms with Gasteiger partial charge in [0.15, 0.2) is 0 Å². The molecule has 3 heteroatoms. The van der Waals surface area contributed by atoms with E-state index in [1.54, 1.807) is 0 Å². The maximum atomic E-state index is 9.25. The highest BCUT2D eigenvalue weighted by Crippen LogP contribution is 2.21. The average Bonchev–Trinajstić information content (AvgIpc) is 2.31. The molecular weight excluding hydrogens is 210 g/mol. The largest absolute Gasteiger partial charge is 0.378 e. The summed E-state index contributed by atoms with van der Waals surface area (Å²) in [6.45, 7) is 3.06. The zero-order valence-electron chi connectivity index (χ0n) is 11.1. The van der Waals surface area contributed by atoms with Crippen molar-refractivity contribution in [3.05, 3.63) is 29.8 Å². The van der Waals surface area contributed by atoms with Crippen molar-refractivity contribution in [2.45, 2.75) is 19.4 Å². The van der Waals surface area contributed by atoms with Crippen LogP contribution in [-0.2, 0) is 0 Å². The van der Waals surface area contributed by atoms with Gasteiger partial charge >= 0.3 is 0 Å². The van der Waals surface area contributed by atoms with Gasteiger partial charge in [-0.25, -0.2) is 0 Å². The van der Waals surface area contributed by atoms with Crippen molar-refractivity contribution in [2.24, 2.45) is 0 Å². The highest BCUT2D eigenvalue weighted by molar-refractivity contribution is 5.47. The molecule has 0 aliphatic rings. The zero-order chi connectivity index (χ0) is 12.8. The van der Waals surface area contributed by atoms with Gasteiger partial charge in [0.05, 0.1) is 6.07 Å². The van der Waals surface area contributed by atoms with E-state index in [1.807, 2.05) is 33.3 Å². The monoisotopic (exact) mass is 231 g/mol. The van der Waals surface area contributed by atoms with Crippen LogP contribution in [0.3, 0.4) is 0 Å². The Labute approximate surface area is 104 Å². The normalized spacial score (nSPS) is 12.2. The van der Waals surface area contributed by atoms with Gasteiger partial charge in [-0.3, -0.25) is 4.90 Å². The zero-order valence-corrected chi connectivity index (χ0v) is 11.1. The molecule has 1 aromatic carbocycles. The van der Waals surface area contributed by atoms with Crippen LogP contribution in [0.4, 0.5) is 5.69 Å². The molecule has 0 aromatic heterocycles. The molecular formula is C14H21N3. The Morgan fingerprint density at radius 2 is 1.76 bits per heavy atom. The lowest BCUT2D eigenvalue weighted by molar-refractivity contribution is 0.292. The number of hydrogen-bond acceptors (Lipinski definition) is 3. The summed E-state index contributed by atoms with van der Waals surface area (Å²) in [6, 6.07) is 10.4. The fourth-order valence-electron chi connectivity index (χ4n) is 1.86. The lowest BCUT2D eigenvalue weighted by atomic mass is 10.1. The predicted octanol–water partition coefficient (Wildman–Crippen LogP) is 2.66. The number of benzene rings is 1. The molecule has 92 valence electrons. The van der Waals surface area contributed by atoms with E-state index in [-0.39, 0.29) is 6.04 Å². The van der Waals surface area contributed by atoms with Gasteiger partial charge in [-0.15, -0.1) is 0 Å². The first-order chi connectivity index (χ1) is 8.10. The standard InChI is InChI=1S/C14H21N3/c1-5-10-17(4)14(11-15)12-6-8-13(9-7-12)16(2)3/h6-9,14H,5,10H2,1-4H3. The number of hydrogen-bond donors (Lipinski definition) is 0. The van der Waals surface area contributed by atoms with E-state index in [4.69, 9.17) is 0 Å². The van der Waals surface area contributed by atoms with Gasteiger partial charge in [-0.2, -0.15) is 5.26 Å². The Balaban J connectivity index is 2.87. The van der Waals surface area contributed by atoms with E-state index < -0.39 is 0 Å². The fourth-order valence-corrected chi connectivity index (χ4v) is 1.86. The first-order valence-electron chi connectivity index (χ1n) is 5.97. The van der Waals surface area contributed by atoms with Gasteiger partial charge in [0.2, 0.25) is 0 Å². The topological polar surface area (TPSA) is 30.3 Å². The highest BCUT2D eigenvalue weighted by Gasteiger charge is 2.15. The average molecular weight is 231 g/mol. The lowest BCUT2D eigenvalue weighted by Gasteiger charge is -2.22. The number of rotatable bonds is 5. The van der Waals surface area contributed by atoms with Crippen molar-refractivity contribution in [2.75, 3.05) is 32.6 Å². The molecule has 1 aromatic rings.